The van der Waals surface area contributed by atoms with Gasteiger partial charge >= 0.3 is 0 Å². The zero-order valence-electron chi connectivity index (χ0n) is 10.4. The van der Waals surface area contributed by atoms with Gasteiger partial charge in [0.15, 0.2) is 0 Å². The second-order valence-electron chi connectivity index (χ2n) is 5.99. The molecule has 0 unspecified atom stereocenters. The molecule has 0 radical (unpaired) electrons. The minimum absolute atomic E-state index is 0.130. The zero-order valence-corrected chi connectivity index (χ0v) is 10.4. The Bertz CT molecular complexity index is 284. The highest BCUT2D eigenvalue weighted by atomic mass is 16.5. The molecule has 1 aliphatic carbocycles. The molecule has 2 aliphatic rings. The fraction of sp³-hybridized carbons (Fsp3) is 0.917. The average Bonchev–Trinajstić information content (AvgIpc) is 2.88. The van der Waals surface area contributed by atoms with Gasteiger partial charge in [-0.15, -0.1) is 0 Å². The maximum atomic E-state index is 7.44. The Kier molecular flexibility index (Phi) is 2.97. The van der Waals surface area contributed by atoms with Crippen molar-refractivity contribution in [1.29, 1.82) is 5.41 Å². The molecule has 2 fully saturated rings. The maximum absolute atomic E-state index is 7.44. The van der Waals surface area contributed by atoms with E-state index in [2.05, 4.69) is 18.7 Å². The molecule has 0 amide bonds. The second kappa shape index (κ2) is 4.00. The summed E-state index contributed by atoms with van der Waals surface area (Å²) in [5.41, 5.74) is 5.97. The smallest absolute Gasteiger partial charge is 0.0911 e. The summed E-state index contributed by atoms with van der Waals surface area (Å²) < 4.78 is 5.52. The van der Waals surface area contributed by atoms with E-state index in [0.717, 1.165) is 32.7 Å². The van der Waals surface area contributed by atoms with Crippen LogP contribution >= 0.6 is 0 Å². The summed E-state index contributed by atoms with van der Waals surface area (Å²) in [6.07, 6.45) is 3.21. The lowest BCUT2D eigenvalue weighted by molar-refractivity contribution is -0.0588. The topological polar surface area (TPSA) is 62.3 Å². The van der Waals surface area contributed by atoms with Crippen LogP contribution in [0.1, 0.15) is 33.1 Å². The number of nitrogens with zero attached hydrogens (tertiary/aromatic N) is 1. The molecule has 0 aromatic carbocycles. The number of hydrogen-bond acceptors (Lipinski definition) is 3. The number of nitrogens with one attached hydrogen (secondary N) is 1. The van der Waals surface area contributed by atoms with Gasteiger partial charge in [-0.2, -0.15) is 0 Å². The van der Waals surface area contributed by atoms with E-state index in [1.165, 1.54) is 12.8 Å². The van der Waals surface area contributed by atoms with E-state index in [4.69, 9.17) is 15.9 Å². The van der Waals surface area contributed by atoms with E-state index < -0.39 is 0 Å². The number of amidine groups is 1. The van der Waals surface area contributed by atoms with Gasteiger partial charge in [0.25, 0.3) is 0 Å². The maximum Gasteiger partial charge on any atom is 0.0911 e. The molecule has 1 saturated carbocycles. The standard InChI is InChI=1S/C12H23N3O/c1-11(2)9-16-6-5-15(11)8-12(3-4-12)7-10(13)14/h3-9H2,1-2H3,(H3,13,14). The summed E-state index contributed by atoms with van der Waals surface area (Å²) in [7, 11) is 0. The van der Waals surface area contributed by atoms with Crippen LogP contribution in [0.4, 0.5) is 0 Å². The number of hydrogen-bond donors (Lipinski definition) is 2. The van der Waals surface area contributed by atoms with Crippen molar-refractivity contribution in [2.24, 2.45) is 11.1 Å². The van der Waals surface area contributed by atoms with Crippen LogP contribution in [0.3, 0.4) is 0 Å². The minimum atomic E-state index is 0.130. The van der Waals surface area contributed by atoms with Crippen LogP contribution in [0, 0.1) is 10.8 Å². The van der Waals surface area contributed by atoms with Crippen molar-refractivity contribution in [3.8, 4) is 0 Å². The summed E-state index contributed by atoms with van der Waals surface area (Å²) in [6.45, 7) is 8.18. The normalized spacial score (nSPS) is 27.6. The predicted molar refractivity (Wildman–Crippen MR) is 64.7 cm³/mol. The van der Waals surface area contributed by atoms with Gasteiger partial charge in [-0.3, -0.25) is 10.3 Å². The Morgan fingerprint density at radius 1 is 1.44 bits per heavy atom. The molecule has 2 rings (SSSR count). The minimum Gasteiger partial charge on any atom is -0.388 e. The molecule has 16 heavy (non-hydrogen) atoms. The molecule has 1 saturated heterocycles. The SMILES string of the molecule is CC1(C)COCCN1CC1(CC(=N)N)CC1. The molecular weight excluding hydrogens is 202 g/mol. The molecule has 0 bridgehead atoms. The molecule has 0 spiro atoms. The third-order valence-corrected chi connectivity index (χ3v) is 3.87. The van der Waals surface area contributed by atoms with Crippen molar-refractivity contribution < 1.29 is 4.74 Å². The quantitative estimate of drug-likeness (QED) is 0.558. The van der Waals surface area contributed by atoms with Gasteiger partial charge in [0.05, 0.1) is 19.0 Å². The Balaban J connectivity index is 1.95. The first-order valence-corrected chi connectivity index (χ1v) is 6.09. The van der Waals surface area contributed by atoms with Crippen LogP contribution in [-0.4, -0.2) is 42.6 Å². The van der Waals surface area contributed by atoms with Crippen LogP contribution in [0.5, 0.6) is 0 Å². The Labute approximate surface area is 97.6 Å². The molecule has 1 heterocycles. The van der Waals surface area contributed by atoms with Gasteiger partial charge in [-0.1, -0.05) is 0 Å². The third-order valence-electron chi connectivity index (χ3n) is 3.87. The molecule has 92 valence electrons. The van der Waals surface area contributed by atoms with Crippen LogP contribution < -0.4 is 5.73 Å². The van der Waals surface area contributed by atoms with Gasteiger partial charge in [-0.05, 0) is 32.1 Å². The molecule has 0 aromatic heterocycles. The van der Waals surface area contributed by atoms with E-state index >= 15 is 0 Å². The number of ether oxygens (including phenoxy) is 1. The molecule has 4 heteroatoms. The van der Waals surface area contributed by atoms with E-state index in [9.17, 15) is 0 Å². The highest BCUT2D eigenvalue weighted by Crippen LogP contribution is 2.50. The van der Waals surface area contributed by atoms with Crippen LogP contribution in [0.2, 0.25) is 0 Å². The third kappa shape index (κ3) is 2.55. The lowest BCUT2D eigenvalue weighted by Crippen LogP contribution is -2.54. The summed E-state index contributed by atoms with van der Waals surface area (Å²) in [6, 6.07) is 0. The molecule has 0 atom stereocenters. The van der Waals surface area contributed by atoms with Crippen LogP contribution in [0.25, 0.3) is 0 Å². The lowest BCUT2D eigenvalue weighted by Gasteiger charge is -2.44. The van der Waals surface area contributed by atoms with Gasteiger partial charge < -0.3 is 10.5 Å². The van der Waals surface area contributed by atoms with Gasteiger partial charge in [-0.25, -0.2) is 0 Å². The highest BCUT2D eigenvalue weighted by molar-refractivity contribution is 5.78. The summed E-state index contributed by atoms with van der Waals surface area (Å²) in [5, 5.41) is 7.44. The molecule has 0 aromatic rings. The monoisotopic (exact) mass is 225 g/mol. The molecule has 4 nitrogen and oxygen atoms in total. The molecule has 3 N–H and O–H groups in total. The lowest BCUT2D eigenvalue weighted by atomic mass is 9.95. The van der Waals surface area contributed by atoms with Crippen molar-refractivity contribution in [3.63, 3.8) is 0 Å². The van der Waals surface area contributed by atoms with Crippen LogP contribution in [0.15, 0.2) is 0 Å². The highest BCUT2D eigenvalue weighted by Gasteiger charge is 2.46. The van der Waals surface area contributed by atoms with Gasteiger partial charge in [0, 0.05) is 25.0 Å². The largest absolute Gasteiger partial charge is 0.388 e. The summed E-state index contributed by atoms with van der Waals surface area (Å²) in [5.74, 6) is 0.337. The van der Waals surface area contributed by atoms with Gasteiger partial charge in [0.2, 0.25) is 0 Å². The number of rotatable bonds is 4. The van der Waals surface area contributed by atoms with Gasteiger partial charge in [0.1, 0.15) is 0 Å². The second-order valence-corrected chi connectivity index (χ2v) is 5.99. The van der Waals surface area contributed by atoms with E-state index in [0.29, 0.717) is 11.3 Å². The fourth-order valence-corrected chi connectivity index (χ4v) is 2.56. The van der Waals surface area contributed by atoms with Crippen molar-refractivity contribution in [3.05, 3.63) is 0 Å². The summed E-state index contributed by atoms with van der Waals surface area (Å²) >= 11 is 0. The van der Waals surface area contributed by atoms with Crippen molar-refractivity contribution in [2.75, 3.05) is 26.3 Å². The van der Waals surface area contributed by atoms with E-state index in [1.807, 2.05) is 0 Å². The van der Waals surface area contributed by atoms with E-state index in [1.54, 1.807) is 0 Å². The first-order valence-electron chi connectivity index (χ1n) is 6.09. The first kappa shape index (κ1) is 11.9. The van der Waals surface area contributed by atoms with Crippen molar-refractivity contribution >= 4 is 5.84 Å². The van der Waals surface area contributed by atoms with Crippen molar-refractivity contribution in [2.45, 2.75) is 38.6 Å². The Morgan fingerprint density at radius 3 is 2.62 bits per heavy atom. The Morgan fingerprint density at radius 2 is 2.12 bits per heavy atom. The van der Waals surface area contributed by atoms with Crippen LogP contribution in [-0.2, 0) is 4.74 Å². The predicted octanol–water partition coefficient (Wildman–Crippen LogP) is 1.20. The summed E-state index contributed by atoms with van der Waals surface area (Å²) in [4.78, 5) is 2.51. The number of nitrogens with two attached hydrogens (primary N) is 1. The number of morpholine rings is 1. The van der Waals surface area contributed by atoms with E-state index in [-0.39, 0.29) is 5.54 Å². The Hall–Kier alpha value is -0.610. The first-order chi connectivity index (χ1) is 7.44. The fourth-order valence-electron chi connectivity index (χ4n) is 2.56. The zero-order chi connectivity index (χ0) is 11.8. The average molecular weight is 225 g/mol. The van der Waals surface area contributed by atoms with Crippen molar-refractivity contribution in [1.82, 2.24) is 4.90 Å². The molecular formula is C12H23N3O. The molecule has 1 aliphatic heterocycles.